The molecule has 0 spiro atoms. The fourth-order valence-electron chi connectivity index (χ4n) is 0.837. The predicted molar refractivity (Wildman–Crippen MR) is 51.6 cm³/mol. The molecular weight excluding hydrogens is 293 g/mol. The Bertz CT molecular complexity index is 345. The van der Waals surface area contributed by atoms with Gasteiger partial charge in [0, 0.05) is 3.57 Å². The minimum absolute atomic E-state index is 0.405. The first-order chi connectivity index (χ1) is 6.06. The molecule has 70 valence electrons. The highest BCUT2D eigenvalue weighted by Crippen LogP contribution is 2.16. The molecule has 13 heavy (non-hydrogen) atoms. The molecule has 1 rings (SSSR count). The van der Waals surface area contributed by atoms with Crippen LogP contribution in [0.1, 0.15) is 5.56 Å². The van der Waals surface area contributed by atoms with Crippen LogP contribution >= 0.6 is 22.6 Å². The summed E-state index contributed by atoms with van der Waals surface area (Å²) in [5.41, 5.74) is 4.55. The molecule has 0 unspecified atom stereocenters. The maximum absolute atomic E-state index is 13.0. The lowest BCUT2D eigenvalue weighted by Gasteiger charge is -2.02. The summed E-state index contributed by atoms with van der Waals surface area (Å²) in [4.78, 5) is 0. The van der Waals surface area contributed by atoms with Crippen LogP contribution in [0.3, 0.4) is 0 Å². The zero-order valence-electron chi connectivity index (χ0n) is 6.26. The Morgan fingerprint density at radius 1 is 1.38 bits per heavy atom. The second kappa shape index (κ2) is 3.86. The molecule has 0 fully saturated rings. The van der Waals surface area contributed by atoms with Crippen molar-refractivity contribution in [2.45, 2.75) is 0 Å². The Morgan fingerprint density at radius 3 is 2.23 bits per heavy atom. The molecule has 3 N–H and O–H groups in total. The molecule has 0 amide bonds. The lowest BCUT2D eigenvalue weighted by molar-refractivity contribution is 0.318. The Kier molecular flexibility index (Phi) is 3.02. The molecule has 0 radical (unpaired) electrons. The number of rotatable bonds is 1. The predicted octanol–water partition coefficient (Wildman–Crippen LogP) is 1.66. The van der Waals surface area contributed by atoms with Crippen molar-refractivity contribution in [3.63, 3.8) is 0 Å². The molecular formula is C7H5F2IN2O. The fraction of sp³-hybridized carbons (Fsp3) is 0. The quantitative estimate of drug-likeness (QED) is 0.272. The van der Waals surface area contributed by atoms with E-state index in [2.05, 4.69) is 5.16 Å². The van der Waals surface area contributed by atoms with Crippen LogP contribution in [0.5, 0.6) is 0 Å². The number of nitrogens with zero attached hydrogens (tertiary/aromatic N) is 1. The third-order valence-electron chi connectivity index (χ3n) is 1.37. The molecule has 0 bridgehead atoms. The molecule has 0 saturated heterocycles. The van der Waals surface area contributed by atoms with Gasteiger partial charge in [-0.05, 0) is 34.7 Å². The van der Waals surface area contributed by atoms with Gasteiger partial charge in [0.15, 0.2) is 5.84 Å². The average molecular weight is 298 g/mol. The highest BCUT2D eigenvalue weighted by Gasteiger charge is 2.14. The molecule has 6 heteroatoms. The molecule has 0 saturated carbocycles. The highest BCUT2D eigenvalue weighted by atomic mass is 127. The van der Waals surface area contributed by atoms with E-state index in [9.17, 15) is 8.78 Å². The number of hydrogen-bond acceptors (Lipinski definition) is 2. The van der Waals surface area contributed by atoms with Crippen LogP contribution in [0.25, 0.3) is 0 Å². The van der Waals surface area contributed by atoms with E-state index in [4.69, 9.17) is 10.9 Å². The Hall–Kier alpha value is -0.920. The van der Waals surface area contributed by atoms with Gasteiger partial charge in [-0.2, -0.15) is 0 Å². The summed E-state index contributed by atoms with van der Waals surface area (Å²) in [5.74, 6) is -2.27. The second-order valence-electron chi connectivity index (χ2n) is 2.23. The van der Waals surface area contributed by atoms with E-state index in [1.807, 2.05) is 0 Å². The minimum Gasteiger partial charge on any atom is -0.409 e. The molecule has 1 aromatic rings. The van der Waals surface area contributed by atoms with Crippen molar-refractivity contribution < 1.29 is 14.0 Å². The summed E-state index contributed by atoms with van der Waals surface area (Å²) < 4.78 is 26.5. The highest BCUT2D eigenvalue weighted by molar-refractivity contribution is 14.1. The van der Waals surface area contributed by atoms with Gasteiger partial charge in [0.1, 0.15) is 11.6 Å². The first-order valence-electron chi connectivity index (χ1n) is 3.18. The number of benzene rings is 1. The maximum Gasteiger partial charge on any atom is 0.176 e. The Labute approximate surface area is 86.4 Å². The van der Waals surface area contributed by atoms with Gasteiger partial charge in [0.05, 0.1) is 5.56 Å². The van der Waals surface area contributed by atoms with Crippen LogP contribution in [0.15, 0.2) is 17.3 Å². The van der Waals surface area contributed by atoms with Gasteiger partial charge in [0.25, 0.3) is 0 Å². The normalized spacial score (nSPS) is 11.8. The lowest BCUT2D eigenvalue weighted by atomic mass is 10.2. The van der Waals surface area contributed by atoms with Gasteiger partial charge in [-0.3, -0.25) is 0 Å². The van der Waals surface area contributed by atoms with E-state index in [1.54, 1.807) is 22.6 Å². The molecule has 0 aliphatic rings. The first-order valence-corrected chi connectivity index (χ1v) is 4.26. The minimum atomic E-state index is -0.848. The largest absolute Gasteiger partial charge is 0.409 e. The van der Waals surface area contributed by atoms with Gasteiger partial charge in [-0.25, -0.2) is 8.78 Å². The number of halogens is 3. The lowest BCUT2D eigenvalue weighted by Crippen LogP contribution is -2.17. The maximum atomic E-state index is 13.0. The number of amidine groups is 1. The summed E-state index contributed by atoms with van der Waals surface area (Å²) in [5, 5.41) is 10.8. The summed E-state index contributed by atoms with van der Waals surface area (Å²) in [6.45, 7) is 0. The van der Waals surface area contributed by atoms with E-state index in [0.717, 1.165) is 12.1 Å². The number of nitrogens with two attached hydrogens (primary N) is 1. The van der Waals surface area contributed by atoms with E-state index in [0.29, 0.717) is 3.57 Å². The number of oxime groups is 1. The van der Waals surface area contributed by atoms with Crippen molar-refractivity contribution in [1.82, 2.24) is 0 Å². The molecule has 3 nitrogen and oxygen atoms in total. The van der Waals surface area contributed by atoms with Gasteiger partial charge in [-0.15, -0.1) is 0 Å². The first kappa shape index (κ1) is 10.2. The van der Waals surface area contributed by atoms with E-state index in [-0.39, 0.29) is 0 Å². The van der Waals surface area contributed by atoms with Crippen molar-refractivity contribution in [2.24, 2.45) is 10.9 Å². The van der Waals surface area contributed by atoms with Crippen molar-refractivity contribution in [3.05, 3.63) is 32.9 Å². The SMILES string of the molecule is N/C(=N\O)c1c(F)cc(I)cc1F. The Morgan fingerprint density at radius 2 is 1.85 bits per heavy atom. The topological polar surface area (TPSA) is 58.6 Å². The van der Waals surface area contributed by atoms with Crippen molar-refractivity contribution in [2.75, 3.05) is 0 Å². The van der Waals surface area contributed by atoms with Crippen LogP contribution in [0, 0.1) is 15.2 Å². The molecule has 0 atom stereocenters. The van der Waals surface area contributed by atoms with Gasteiger partial charge in [0.2, 0.25) is 0 Å². The molecule has 1 aromatic carbocycles. The van der Waals surface area contributed by atoms with Crippen molar-refractivity contribution in [3.8, 4) is 0 Å². The summed E-state index contributed by atoms with van der Waals surface area (Å²) in [6.07, 6.45) is 0. The van der Waals surface area contributed by atoms with Crippen LogP contribution in [-0.2, 0) is 0 Å². The van der Waals surface area contributed by atoms with Gasteiger partial charge in [-0.1, -0.05) is 5.16 Å². The molecule has 0 aliphatic carbocycles. The van der Waals surface area contributed by atoms with Crippen molar-refractivity contribution in [1.29, 1.82) is 0 Å². The smallest absolute Gasteiger partial charge is 0.176 e. The van der Waals surface area contributed by atoms with Gasteiger partial charge < -0.3 is 10.9 Å². The van der Waals surface area contributed by atoms with E-state index < -0.39 is 23.0 Å². The third-order valence-corrected chi connectivity index (χ3v) is 1.99. The monoisotopic (exact) mass is 298 g/mol. The van der Waals surface area contributed by atoms with Crippen LogP contribution < -0.4 is 5.73 Å². The van der Waals surface area contributed by atoms with Crippen molar-refractivity contribution >= 4 is 28.4 Å². The third kappa shape index (κ3) is 2.06. The van der Waals surface area contributed by atoms with Crippen LogP contribution in [0.4, 0.5) is 8.78 Å². The standard InChI is InChI=1S/C7H5F2IN2O/c8-4-1-3(10)2-5(9)6(4)7(11)12-13/h1-2,13H,(H2,11,12). The number of hydrogen-bond donors (Lipinski definition) is 2. The second-order valence-corrected chi connectivity index (χ2v) is 3.48. The fourth-order valence-corrected chi connectivity index (χ4v) is 1.38. The zero-order valence-corrected chi connectivity index (χ0v) is 8.42. The van der Waals surface area contributed by atoms with Crippen LogP contribution in [0.2, 0.25) is 0 Å². The molecule has 0 aromatic heterocycles. The summed E-state index contributed by atoms with van der Waals surface area (Å²) in [6, 6.07) is 2.19. The van der Waals surface area contributed by atoms with Gasteiger partial charge >= 0.3 is 0 Å². The molecule has 0 aliphatic heterocycles. The van der Waals surface area contributed by atoms with E-state index in [1.165, 1.54) is 0 Å². The molecule has 0 heterocycles. The van der Waals surface area contributed by atoms with Crippen LogP contribution in [-0.4, -0.2) is 11.0 Å². The Balaban J connectivity index is 3.37. The zero-order chi connectivity index (χ0) is 10.0. The summed E-state index contributed by atoms with van der Waals surface area (Å²) in [7, 11) is 0. The summed E-state index contributed by atoms with van der Waals surface area (Å²) >= 11 is 1.76. The average Bonchev–Trinajstić information content (AvgIpc) is 2.02. The van der Waals surface area contributed by atoms with E-state index >= 15 is 0 Å².